The normalized spacial score (nSPS) is 16.5. The van der Waals surface area contributed by atoms with Gasteiger partial charge in [-0.1, -0.05) is 12.8 Å². The van der Waals surface area contributed by atoms with E-state index in [4.69, 9.17) is 5.11 Å². The quantitative estimate of drug-likeness (QED) is 0.705. The molecule has 1 fully saturated rings. The van der Waals surface area contributed by atoms with Crippen LogP contribution < -0.4 is 5.32 Å². The zero-order valence-electron chi connectivity index (χ0n) is 11.9. The number of carbonyl (C=O) groups excluding carboxylic acids is 2. The van der Waals surface area contributed by atoms with Gasteiger partial charge in [0.05, 0.1) is 13.5 Å². The molecule has 1 aliphatic rings. The summed E-state index contributed by atoms with van der Waals surface area (Å²) in [6.45, 7) is 0.608. The molecule has 20 heavy (non-hydrogen) atoms. The summed E-state index contributed by atoms with van der Waals surface area (Å²) in [5.41, 5.74) is 0. The molecule has 0 aromatic heterocycles. The van der Waals surface area contributed by atoms with E-state index >= 15 is 0 Å². The van der Waals surface area contributed by atoms with Crippen LogP contribution in [-0.4, -0.2) is 54.7 Å². The van der Waals surface area contributed by atoms with Crippen LogP contribution in [-0.2, 0) is 14.3 Å². The zero-order valence-corrected chi connectivity index (χ0v) is 11.9. The fourth-order valence-electron chi connectivity index (χ4n) is 2.37. The van der Waals surface area contributed by atoms with Crippen LogP contribution in [0.4, 0.5) is 4.79 Å². The first-order valence-electron chi connectivity index (χ1n) is 6.75. The molecule has 7 heteroatoms. The molecule has 7 nitrogen and oxygen atoms in total. The predicted molar refractivity (Wildman–Crippen MR) is 71.2 cm³/mol. The molecule has 1 aliphatic carbocycles. The summed E-state index contributed by atoms with van der Waals surface area (Å²) in [7, 11) is 2.81. The van der Waals surface area contributed by atoms with Crippen molar-refractivity contribution in [3.05, 3.63) is 0 Å². The number of hydrogen-bond acceptors (Lipinski definition) is 4. The van der Waals surface area contributed by atoms with Gasteiger partial charge in [0.15, 0.2) is 0 Å². The van der Waals surface area contributed by atoms with Gasteiger partial charge in [-0.2, -0.15) is 0 Å². The van der Waals surface area contributed by atoms with Crippen molar-refractivity contribution in [3.63, 3.8) is 0 Å². The molecule has 0 spiro atoms. The van der Waals surface area contributed by atoms with Gasteiger partial charge >= 0.3 is 18.0 Å². The number of carbonyl (C=O) groups is 3. The minimum atomic E-state index is -1.26. The molecule has 1 saturated carbocycles. The molecule has 1 rings (SSSR count). The Balaban J connectivity index is 2.47. The Morgan fingerprint density at radius 1 is 1.35 bits per heavy atom. The van der Waals surface area contributed by atoms with Crippen molar-refractivity contribution in [2.45, 2.75) is 38.1 Å². The van der Waals surface area contributed by atoms with Gasteiger partial charge in [0.2, 0.25) is 0 Å². The highest BCUT2D eigenvalue weighted by molar-refractivity contribution is 5.86. The summed E-state index contributed by atoms with van der Waals surface area (Å²) in [6, 6.07) is -1.74. The van der Waals surface area contributed by atoms with E-state index in [0.29, 0.717) is 12.5 Å². The monoisotopic (exact) mass is 286 g/mol. The maximum Gasteiger partial charge on any atom is 0.326 e. The van der Waals surface area contributed by atoms with E-state index in [1.165, 1.54) is 24.9 Å². The first-order chi connectivity index (χ1) is 9.43. The molecule has 0 saturated heterocycles. The Labute approximate surface area is 118 Å². The number of carboxylic acids is 1. The van der Waals surface area contributed by atoms with Crippen molar-refractivity contribution in [3.8, 4) is 0 Å². The molecule has 1 atom stereocenters. The molecule has 2 amide bonds. The molecule has 0 bridgehead atoms. The summed E-state index contributed by atoms with van der Waals surface area (Å²) in [6.07, 6.45) is 4.18. The van der Waals surface area contributed by atoms with Gasteiger partial charge in [0.25, 0.3) is 0 Å². The predicted octanol–water partition coefficient (Wildman–Crippen LogP) is 0.834. The summed E-state index contributed by atoms with van der Waals surface area (Å²) < 4.78 is 4.41. The van der Waals surface area contributed by atoms with Crippen LogP contribution in [0.2, 0.25) is 0 Å². The first kappa shape index (κ1) is 16.3. The number of ether oxygens (including phenoxy) is 1. The number of nitrogens with one attached hydrogen (secondary N) is 1. The minimum Gasteiger partial charge on any atom is -0.480 e. The highest BCUT2D eigenvalue weighted by Crippen LogP contribution is 2.25. The molecule has 0 aromatic rings. The van der Waals surface area contributed by atoms with Gasteiger partial charge in [0.1, 0.15) is 6.04 Å². The van der Waals surface area contributed by atoms with Gasteiger partial charge in [-0.05, 0) is 18.8 Å². The lowest BCUT2D eigenvalue weighted by Crippen LogP contribution is -2.48. The Kier molecular flexibility index (Phi) is 6.27. The van der Waals surface area contributed by atoms with Crippen molar-refractivity contribution in [1.82, 2.24) is 10.2 Å². The number of amides is 2. The average Bonchev–Trinajstić information content (AvgIpc) is 2.90. The Morgan fingerprint density at radius 2 is 1.95 bits per heavy atom. The third kappa shape index (κ3) is 5.07. The second-order valence-corrected chi connectivity index (χ2v) is 5.15. The summed E-state index contributed by atoms with van der Waals surface area (Å²) in [5, 5.41) is 11.3. The van der Waals surface area contributed by atoms with Crippen molar-refractivity contribution in [1.29, 1.82) is 0 Å². The van der Waals surface area contributed by atoms with E-state index in [1.807, 2.05) is 0 Å². The largest absolute Gasteiger partial charge is 0.480 e. The van der Waals surface area contributed by atoms with Crippen molar-refractivity contribution in [2.24, 2.45) is 5.92 Å². The van der Waals surface area contributed by atoms with E-state index in [-0.39, 0.29) is 6.42 Å². The second-order valence-electron chi connectivity index (χ2n) is 5.15. The van der Waals surface area contributed by atoms with Gasteiger partial charge in [-0.25, -0.2) is 9.59 Å². The van der Waals surface area contributed by atoms with Gasteiger partial charge in [0, 0.05) is 13.6 Å². The van der Waals surface area contributed by atoms with Crippen LogP contribution in [0.3, 0.4) is 0 Å². The van der Waals surface area contributed by atoms with Crippen LogP contribution >= 0.6 is 0 Å². The molecular formula is C13H22N2O5. The molecule has 114 valence electrons. The molecular weight excluding hydrogens is 264 g/mol. The number of carboxylic acid groups (broad SMARTS) is 1. The van der Waals surface area contributed by atoms with E-state index in [9.17, 15) is 14.4 Å². The van der Waals surface area contributed by atoms with Crippen LogP contribution in [0.5, 0.6) is 0 Å². The van der Waals surface area contributed by atoms with E-state index in [0.717, 1.165) is 12.8 Å². The average molecular weight is 286 g/mol. The lowest BCUT2D eigenvalue weighted by molar-refractivity contribution is -0.147. The Morgan fingerprint density at radius 3 is 2.45 bits per heavy atom. The van der Waals surface area contributed by atoms with Crippen molar-refractivity contribution in [2.75, 3.05) is 20.7 Å². The molecule has 0 aromatic carbocycles. The van der Waals surface area contributed by atoms with Gasteiger partial charge < -0.3 is 20.1 Å². The van der Waals surface area contributed by atoms with E-state index in [2.05, 4.69) is 10.1 Å². The number of esters is 1. The highest BCUT2D eigenvalue weighted by atomic mass is 16.5. The van der Waals surface area contributed by atoms with Gasteiger partial charge in [-0.15, -0.1) is 0 Å². The standard InChI is InChI=1S/C13H22N2O5/c1-15(8-9-5-3-4-6-9)13(19)14-10(12(17)18)7-11(16)20-2/h9-10H,3-8H2,1-2H3,(H,14,19)(H,17,18)/t10-/m0/s1. The van der Waals surface area contributed by atoms with Crippen molar-refractivity contribution >= 4 is 18.0 Å². The number of urea groups is 1. The van der Waals surface area contributed by atoms with E-state index in [1.54, 1.807) is 7.05 Å². The van der Waals surface area contributed by atoms with Crippen LogP contribution in [0.25, 0.3) is 0 Å². The number of methoxy groups -OCH3 is 1. The number of aliphatic carboxylic acids is 1. The fraction of sp³-hybridized carbons (Fsp3) is 0.769. The zero-order chi connectivity index (χ0) is 15.1. The topological polar surface area (TPSA) is 95.9 Å². The molecule has 0 radical (unpaired) electrons. The summed E-state index contributed by atoms with van der Waals surface area (Å²) >= 11 is 0. The third-order valence-electron chi connectivity index (χ3n) is 3.55. The fourth-order valence-corrected chi connectivity index (χ4v) is 2.37. The Hall–Kier alpha value is -1.79. The van der Waals surface area contributed by atoms with Crippen LogP contribution in [0.1, 0.15) is 32.1 Å². The lowest BCUT2D eigenvalue weighted by atomic mass is 10.1. The highest BCUT2D eigenvalue weighted by Gasteiger charge is 2.26. The Bertz CT molecular complexity index is 366. The second kappa shape index (κ2) is 7.72. The van der Waals surface area contributed by atoms with Crippen LogP contribution in [0, 0.1) is 5.92 Å². The van der Waals surface area contributed by atoms with Crippen LogP contribution in [0.15, 0.2) is 0 Å². The lowest BCUT2D eigenvalue weighted by Gasteiger charge is -2.23. The smallest absolute Gasteiger partial charge is 0.326 e. The maximum absolute atomic E-state index is 11.9. The summed E-state index contributed by atoms with van der Waals surface area (Å²) in [5.74, 6) is -1.44. The molecule has 0 unspecified atom stereocenters. The first-order valence-corrected chi connectivity index (χ1v) is 6.75. The number of hydrogen-bond donors (Lipinski definition) is 2. The maximum atomic E-state index is 11.9. The molecule has 0 heterocycles. The summed E-state index contributed by atoms with van der Waals surface area (Å²) in [4.78, 5) is 35.5. The third-order valence-corrected chi connectivity index (χ3v) is 3.55. The molecule has 2 N–H and O–H groups in total. The van der Waals surface area contributed by atoms with Gasteiger partial charge in [-0.3, -0.25) is 4.79 Å². The van der Waals surface area contributed by atoms with E-state index < -0.39 is 24.0 Å². The molecule has 0 aliphatic heterocycles. The SMILES string of the molecule is COC(=O)C[C@H](NC(=O)N(C)CC1CCCC1)C(=O)O. The minimum absolute atomic E-state index is 0.380. The number of rotatable bonds is 6. The van der Waals surface area contributed by atoms with Crippen molar-refractivity contribution < 1.29 is 24.2 Å². The number of nitrogens with zero attached hydrogens (tertiary/aromatic N) is 1.